The lowest BCUT2D eigenvalue weighted by atomic mass is 10.1. The second kappa shape index (κ2) is 7.88. The highest BCUT2D eigenvalue weighted by atomic mass is 16.6. The predicted octanol–water partition coefficient (Wildman–Crippen LogP) is 2.74. The van der Waals surface area contributed by atoms with Gasteiger partial charge in [0, 0.05) is 24.7 Å². The van der Waals surface area contributed by atoms with Gasteiger partial charge in [-0.2, -0.15) is 0 Å². The van der Waals surface area contributed by atoms with Crippen molar-refractivity contribution < 1.29 is 9.53 Å². The third kappa shape index (κ3) is 8.67. The van der Waals surface area contributed by atoms with Crippen molar-refractivity contribution in [2.45, 2.75) is 78.5 Å². The molecule has 0 aromatic carbocycles. The molecule has 6 nitrogen and oxygen atoms in total. The minimum absolute atomic E-state index is 0.0532. The first-order chi connectivity index (χ1) is 10.5. The molecule has 0 spiro atoms. The zero-order valence-electron chi connectivity index (χ0n) is 15.8. The number of rotatable bonds is 5. The smallest absolute Gasteiger partial charge is 0.410 e. The van der Waals surface area contributed by atoms with Gasteiger partial charge in [-0.15, -0.1) is 0 Å². The van der Waals surface area contributed by atoms with E-state index in [-0.39, 0.29) is 11.6 Å². The molecule has 1 rings (SSSR count). The van der Waals surface area contributed by atoms with E-state index in [9.17, 15) is 4.79 Å². The number of aliphatic imine (C=N–C) groups is 1. The summed E-state index contributed by atoms with van der Waals surface area (Å²) in [6.45, 7) is 15.9. The number of hydrogen-bond donors (Lipinski definition) is 2. The molecule has 2 N–H and O–H groups in total. The van der Waals surface area contributed by atoms with E-state index in [4.69, 9.17) is 4.74 Å². The van der Waals surface area contributed by atoms with Gasteiger partial charge in [-0.3, -0.25) is 4.99 Å². The average Bonchev–Trinajstić information content (AvgIpc) is 3.14. The van der Waals surface area contributed by atoms with Crippen molar-refractivity contribution in [3.63, 3.8) is 0 Å². The summed E-state index contributed by atoms with van der Waals surface area (Å²) >= 11 is 0. The summed E-state index contributed by atoms with van der Waals surface area (Å²) in [6, 6.07) is 0.318. The predicted molar refractivity (Wildman–Crippen MR) is 94.8 cm³/mol. The Hall–Kier alpha value is -1.46. The van der Waals surface area contributed by atoms with Crippen LogP contribution < -0.4 is 10.6 Å². The fourth-order valence-corrected chi connectivity index (χ4v) is 2.06. The van der Waals surface area contributed by atoms with Crippen molar-refractivity contribution in [3.8, 4) is 0 Å². The topological polar surface area (TPSA) is 66.0 Å². The molecule has 1 fully saturated rings. The quantitative estimate of drug-likeness (QED) is 0.602. The summed E-state index contributed by atoms with van der Waals surface area (Å²) in [6.07, 6.45) is 1.89. The summed E-state index contributed by atoms with van der Waals surface area (Å²) in [5.74, 6) is 0.778. The lowest BCUT2D eigenvalue weighted by Gasteiger charge is -2.27. The molecule has 1 saturated carbocycles. The van der Waals surface area contributed by atoms with Crippen LogP contribution >= 0.6 is 0 Å². The van der Waals surface area contributed by atoms with Crippen LogP contribution in [0.15, 0.2) is 4.99 Å². The number of guanidine groups is 1. The van der Waals surface area contributed by atoms with Crippen LogP contribution in [0.4, 0.5) is 4.79 Å². The second-order valence-corrected chi connectivity index (χ2v) is 8.04. The van der Waals surface area contributed by atoms with Gasteiger partial charge in [-0.05, 0) is 61.3 Å². The van der Waals surface area contributed by atoms with E-state index in [0.29, 0.717) is 19.1 Å². The Labute approximate surface area is 141 Å². The van der Waals surface area contributed by atoms with Crippen LogP contribution in [0.2, 0.25) is 0 Å². The van der Waals surface area contributed by atoms with Crippen molar-refractivity contribution in [2.24, 2.45) is 4.99 Å². The number of ether oxygens (including phenoxy) is 1. The Bertz CT molecular complexity index is 417. The van der Waals surface area contributed by atoms with Crippen LogP contribution in [0.3, 0.4) is 0 Å². The van der Waals surface area contributed by atoms with Gasteiger partial charge in [0.05, 0.1) is 6.54 Å². The van der Waals surface area contributed by atoms with Crippen LogP contribution in [-0.2, 0) is 4.74 Å². The largest absolute Gasteiger partial charge is 0.444 e. The number of nitrogens with zero attached hydrogens (tertiary/aromatic N) is 2. The molecule has 0 atom stereocenters. The van der Waals surface area contributed by atoms with Crippen LogP contribution in [0, 0.1) is 0 Å². The lowest BCUT2D eigenvalue weighted by Crippen LogP contribution is -2.48. The van der Waals surface area contributed by atoms with Gasteiger partial charge < -0.3 is 20.3 Å². The van der Waals surface area contributed by atoms with E-state index < -0.39 is 5.60 Å². The Morgan fingerprint density at radius 3 is 2.26 bits per heavy atom. The van der Waals surface area contributed by atoms with Crippen molar-refractivity contribution in [1.82, 2.24) is 15.5 Å². The monoisotopic (exact) mass is 326 g/mol. The van der Waals surface area contributed by atoms with E-state index >= 15 is 0 Å². The number of amides is 1. The third-order valence-corrected chi connectivity index (χ3v) is 3.06. The van der Waals surface area contributed by atoms with Crippen LogP contribution in [0.1, 0.15) is 61.3 Å². The maximum atomic E-state index is 12.3. The Morgan fingerprint density at radius 2 is 1.83 bits per heavy atom. The van der Waals surface area contributed by atoms with Crippen molar-refractivity contribution in [2.75, 3.05) is 19.6 Å². The van der Waals surface area contributed by atoms with E-state index in [1.54, 1.807) is 0 Å². The molecule has 1 aliphatic rings. The molecule has 0 saturated heterocycles. The Morgan fingerprint density at radius 1 is 1.22 bits per heavy atom. The summed E-state index contributed by atoms with van der Waals surface area (Å²) in [5.41, 5.74) is -0.515. The molecule has 0 aromatic heterocycles. The SMILES string of the molecule is CCNC(=NCCN(C(=O)OC(C)(C)C)C1CC1)NC(C)(C)C. The molecular formula is C17H34N4O2. The molecular weight excluding hydrogens is 292 g/mol. The molecule has 0 radical (unpaired) electrons. The highest BCUT2D eigenvalue weighted by Crippen LogP contribution is 2.28. The molecule has 23 heavy (non-hydrogen) atoms. The standard InChI is InChI=1S/C17H34N4O2/c1-8-18-14(20-16(2,3)4)19-11-12-21(13-9-10-13)15(22)23-17(5,6)7/h13H,8-12H2,1-7H3,(H2,18,19,20). The van der Waals surface area contributed by atoms with Gasteiger partial charge in [0.1, 0.15) is 5.60 Å². The van der Waals surface area contributed by atoms with Gasteiger partial charge in [-0.1, -0.05) is 0 Å². The zero-order valence-corrected chi connectivity index (χ0v) is 15.8. The lowest BCUT2D eigenvalue weighted by molar-refractivity contribution is 0.0240. The molecule has 134 valence electrons. The normalized spacial score (nSPS) is 16.0. The Balaban J connectivity index is 2.59. The third-order valence-electron chi connectivity index (χ3n) is 3.06. The van der Waals surface area contributed by atoms with Crippen molar-refractivity contribution >= 4 is 12.1 Å². The molecule has 0 unspecified atom stereocenters. The van der Waals surface area contributed by atoms with Crippen LogP contribution in [-0.4, -0.2) is 53.8 Å². The fraction of sp³-hybridized carbons (Fsp3) is 0.882. The maximum Gasteiger partial charge on any atom is 0.410 e. The minimum atomic E-state index is -0.462. The molecule has 0 aliphatic heterocycles. The second-order valence-electron chi connectivity index (χ2n) is 8.04. The van der Waals surface area contributed by atoms with Crippen molar-refractivity contribution in [3.05, 3.63) is 0 Å². The number of nitrogens with one attached hydrogen (secondary N) is 2. The Kier molecular flexibility index (Phi) is 6.71. The number of carbonyl (C=O) groups excluding carboxylic acids is 1. The van der Waals surface area contributed by atoms with Gasteiger partial charge >= 0.3 is 6.09 Å². The minimum Gasteiger partial charge on any atom is -0.444 e. The highest BCUT2D eigenvalue weighted by molar-refractivity contribution is 5.80. The summed E-state index contributed by atoms with van der Waals surface area (Å²) in [5, 5.41) is 6.58. The first-order valence-electron chi connectivity index (χ1n) is 8.58. The molecule has 6 heteroatoms. The van der Waals surface area contributed by atoms with Gasteiger partial charge in [0.2, 0.25) is 0 Å². The average molecular weight is 326 g/mol. The molecule has 0 bridgehead atoms. The van der Waals surface area contributed by atoms with E-state index in [1.165, 1.54) is 0 Å². The molecule has 0 heterocycles. The maximum absolute atomic E-state index is 12.3. The highest BCUT2D eigenvalue weighted by Gasteiger charge is 2.34. The van der Waals surface area contributed by atoms with Gasteiger partial charge in [-0.25, -0.2) is 4.79 Å². The summed E-state index contributed by atoms with van der Waals surface area (Å²) in [7, 11) is 0. The first kappa shape index (κ1) is 19.6. The summed E-state index contributed by atoms with van der Waals surface area (Å²) in [4.78, 5) is 18.7. The number of carbonyl (C=O) groups is 1. The van der Waals surface area contributed by atoms with E-state index in [1.807, 2.05) is 32.6 Å². The molecule has 1 aliphatic carbocycles. The molecule has 1 amide bonds. The van der Waals surface area contributed by atoms with Gasteiger partial charge in [0.25, 0.3) is 0 Å². The van der Waals surface area contributed by atoms with E-state index in [2.05, 4.69) is 36.4 Å². The van der Waals surface area contributed by atoms with Crippen LogP contribution in [0.25, 0.3) is 0 Å². The zero-order chi connectivity index (χ0) is 17.7. The van der Waals surface area contributed by atoms with Gasteiger partial charge in [0.15, 0.2) is 5.96 Å². The van der Waals surface area contributed by atoms with E-state index in [0.717, 1.165) is 25.3 Å². The first-order valence-corrected chi connectivity index (χ1v) is 8.58. The molecule has 0 aromatic rings. The number of hydrogen-bond acceptors (Lipinski definition) is 3. The summed E-state index contributed by atoms with van der Waals surface area (Å²) < 4.78 is 5.49. The van der Waals surface area contributed by atoms with Crippen molar-refractivity contribution in [1.29, 1.82) is 0 Å². The fourth-order valence-electron chi connectivity index (χ4n) is 2.06. The van der Waals surface area contributed by atoms with Crippen LogP contribution in [0.5, 0.6) is 0 Å².